The molecule has 1 saturated heterocycles. The van der Waals surface area contributed by atoms with Crippen molar-refractivity contribution in [3.63, 3.8) is 0 Å². The van der Waals surface area contributed by atoms with E-state index in [0.717, 1.165) is 57.8 Å². The topological polar surface area (TPSA) is 41.6 Å². The number of carbonyl (C=O) groups is 1. The molecule has 3 rings (SSSR count). The van der Waals surface area contributed by atoms with E-state index in [1.807, 2.05) is 0 Å². The number of rotatable bonds is 4. The van der Waals surface area contributed by atoms with Gasteiger partial charge in [0.15, 0.2) is 0 Å². The lowest BCUT2D eigenvalue weighted by atomic mass is 9.68. The normalized spacial score (nSPS) is 35.1. The number of nitrogens with zero attached hydrogens (tertiary/aromatic N) is 1. The molecule has 3 fully saturated rings. The van der Waals surface area contributed by atoms with Crippen LogP contribution >= 0.6 is 0 Å². The van der Waals surface area contributed by atoms with Gasteiger partial charge in [0.25, 0.3) is 0 Å². The monoisotopic (exact) mass is 292 g/mol. The second kappa shape index (κ2) is 5.40. The number of morpholine rings is 1. The predicted molar refractivity (Wildman–Crippen MR) is 83.0 cm³/mol. The average Bonchev–Trinajstić information content (AvgIpc) is 3.00. The van der Waals surface area contributed by atoms with E-state index in [9.17, 15) is 4.79 Å². The summed E-state index contributed by atoms with van der Waals surface area (Å²) < 4.78 is 5.34. The third kappa shape index (κ3) is 2.42. The fraction of sp³-hybridized carbons (Fsp3) is 0.824. The van der Waals surface area contributed by atoms with Crippen molar-refractivity contribution in [2.24, 2.45) is 16.7 Å². The van der Waals surface area contributed by atoms with Gasteiger partial charge in [0.2, 0.25) is 5.91 Å². The standard InChI is InChI=1S/C17H28N2O2/c1-13-16(2,3)14-4-5-17(13,12-14)15(20)18-6-7-19-8-10-21-11-9-19/h14H,1,4-12H2,2-3H3,(H,18,20). The lowest BCUT2D eigenvalue weighted by Gasteiger charge is -2.37. The van der Waals surface area contributed by atoms with Gasteiger partial charge in [0.1, 0.15) is 0 Å². The highest BCUT2D eigenvalue weighted by molar-refractivity contribution is 5.87. The summed E-state index contributed by atoms with van der Waals surface area (Å²) in [5.74, 6) is 0.851. The quantitative estimate of drug-likeness (QED) is 0.804. The van der Waals surface area contributed by atoms with Crippen LogP contribution in [0.25, 0.3) is 0 Å². The minimum Gasteiger partial charge on any atom is -0.379 e. The molecule has 3 aliphatic rings. The van der Waals surface area contributed by atoms with Crippen LogP contribution in [0.1, 0.15) is 33.1 Å². The molecular formula is C17H28N2O2. The summed E-state index contributed by atoms with van der Waals surface area (Å²) in [4.78, 5) is 15.1. The first-order chi connectivity index (χ1) is 9.97. The lowest BCUT2D eigenvalue weighted by molar-refractivity contribution is -0.128. The summed E-state index contributed by atoms with van der Waals surface area (Å²) in [6.45, 7) is 14.0. The molecule has 2 aliphatic carbocycles. The Morgan fingerprint density at radius 1 is 1.43 bits per heavy atom. The summed E-state index contributed by atoms with van der Waals surface area (Å²) in [7, 11) is 0. The number of hydrogen-bond donors (Lipinski definition) is 1. The number of hydrogen-bond acceptors (Lipinski definition) is 3. The minimum atomic E-state index is -0.279. The Hall–Kier alpha value is -0.870. The molecule has 2 unspecified atom stereocenters. The molecule has 2 bridgehead atoms. The van der Waals surface area contributed by atoms with Crippen LogP contribution in [0, 0.1) is 16.7 Å². The van der Waals surface area contributed by atoms with Crippen LogP contribution in [0.4, 0.5) is 0 Å². The number of ether oxygens (including phenoxy) is 1. The summed E-state index contributed by atoms with van der Waals surface area (Å²) in [6.07, 6.45) is 3.16. The molecule has 0 aromatic heterocycles. The fourth-order valence-electron chi connectivity index (χ4n) is 4.46. The van der Waals surface area contributed by atoms with Crippen LogP contribution in [-0.4, -0.2) is 50.2 Å². The number of nitrogens with one attached hydrogen (secondary N) is 1. The van der Waals surface area contributed by atoms with Crippen LogP contribution in [-0.2, 0) is 9.53 Å². The zero-order valence-corrected chi connectivity index (χ0v) is 13.4. The van der Waals surface area contributed by atoms with Crippen molar-refractivity contribution in [2.75, 3.05) is 39.4 Å². The van der Waals surface area contributed by atoms with Crippen LogP contribution in [0.3, 0.4) is 0 Å². The van der Waals surface area contributed by atoms with Crippen molar-refractivity contribution in [3.05, 3.63) is 12.2 Å². The second-order valence-electron chi connectivity index (χ2n) is 7.43. The largest absolute Gasteiger partial charge is 0.379 e. The molecule has 2 atom stereocenters. The molecule has 0 aromatic carbocycles. The van der Waals surface area contributed by atoms with Gasteiger partial charge >= 0.3 is 0 Å². The molecule has 21 heavy (non-hydrogen) atoms. The third-order valence-corrected chi connectivity index (χ3v) is 6.14. The molecule has 2 saturated carbocycles. The number of amides is 1. The Balaban J connectivity index is 1.55. The summed E-state index contributed by atoms with van der Waals surface area (Å²) >= 11 is 0. The first kappa shape index (κ1) is 15.0. The molecule has 1 amide bonds. The Kier molecular flexibility index (Phi) is 3.87. The highest BCUT2D eigenvalue weighted by atomic mass is 16.5. The van der Waals surface area contributed by atoms with Crippen LogP contribution in [0.15, 0.2) is 12.2 Å². The van der Waals surface area contributed by atoms with E-state index in [4.69, 9.17) is 4.74 Å². The molecule has 0 aromatic rings. The van der Waals surface area contributed by atoms with E-state index in [-0.39, 0.29) is 16.7 Å². The van der Waals surface area contributed by atoms with Crippen molar-refractivity contribution in [2.45, 2.75) is 33.1 Å². The van der Waals surface area contributed by atoms with Crippen molar-refractivity contribution in [3.8, 4) is 0 Å². The number of fused-ring (bicyclic) bond motifs is 2. The van der Waals surface area contributed by atoms with Gasteiger partial charge in [-0.3, -0.25) is 9.69 Å². The Morgan fingerprint density at radius 2 is 2.14 bits per heavy atom. The smallest absolute Gasteiger partial charge is 0.230 e. The van der Waals surface area contributed by atoms with E-state index >= 15 is 0 Å². The van der Waals surface area contributed by atoms with Gasteiger partial charge in [-0.2, -0.15) is 0 Å². The first-order valence-corrected chi connectivity index (χ1v) is 8.25. The van der Waals surface area contributed by atoms with Gasteiger partial charge in [-0.1, -0.05) is 26.0 Å². The Bertz CT molecular complexity index is 440. The maximum absolute atomic E-state index is 12.7. The summed E-state index contributed by atoms with van der Waals surface area (Å²) in [6, 6.07) is 0. The molecular weight excluding hydrogens is 264 g/mol. The molecule has 1 heterocycles. The molecule has 4 nitrogen and oxygen atoms in total. The van der Waals surface area contributed by atoms with E-state index in [1.165, 1.54) is 6.42 Å². The molecule has 1 N–H and O–H groups in total. The lowest BCUT2D eigenvalue weighted by Crippen LogP contribution is -2.45. The van der Waals surface area contributed by atoms with Crippen LogP contribution in [0.5, 0.6) is 0 Å². The molecule has 4 heteroatoms. The summed E-state index contributed by atoms with van der Waals surface area (Å²) in [5, 5.41) is 3.18. The van der Waals surface area contributed by atoms with Crippen molar-refractivity contribution >= 4 is 5.91 Å². The van der Waals surface area contributed by atoms with Crippen molar-refractivity contribution in [1.29, 1.82) is 0 Å². The maximum atomic E-state index is 12.7. The van der Waals surface area contributed by atoms with Gasteiger partial charge < -0.3 is 10.1 Å². The zero-order chi connectivity index (χ0) is 15.1. The van der Waals surface area contributed by atoms with E-state index in [0.29, 0.717) is 5.92 Å². The van der Waals surface area contributed by atoms with Crippen LogP contribution < -0.4 is 5.32 Å². The minimum absolute atomic E-state index is 0.125. The van der Waals surface area contributed by atoms with Gasteiger partial charge in [-0.25, -0.2) is 0 Å². The first-order valence-electron chi connectivity index (χ1n) is 8.25. The fourth-order valence-corrected chi connectivity index (χ4v) is 4.46. The molecule has 118 valence electrons. The van der Waals surface area contributed by atoms with Gasteiger partial charge in [0.05, 0.1) is 18.6 Å². The van der Waals surface area contributed by atoms with Crippen molar-refractivity contribution in [1.82, 2.24) is 10.2 Å². The van der Waals surface area contributed by atoms with E-state index in [1.54, 1.807) is 0 Å². The van der Waals surface area contributed by atoms with Gasteiger partial charge in [-0.05, 0) is 30.6 Å². The van der Waals surface area contributed by atoms with Crippen molar-refractivity contribution < 1.29 is 9.53 Å². The zero-order valence-electron chi connectivity index (χ0n) is 13.4. The Labute approximate surface area is 127 Å². The Morgan fingerprint density at radius 3 is 2.76 bits per heavy atom. The van der Waals surface area contributed by atoms with Gasteiger partial charge in [0, 0.05) is 26.2 Å². The predicted octanol–water partition coefficient (Wildman–Crippen LogP) is 1.82. The van der Waals surface area contributed by atoms with Crippen LogP contribution in [0.2, 0.25) is 0 Å². The molecule has 0 radical (unpaired) electrons. The summed E-state index contributed by atoms with van der Waals surface area (Å²) in [5.41, 5.74) is 1.01. The molecule has 1 aliphatic heterocycles. The molecule has 0 spiro atoms. The van der Waals surface area contributed by atoms with E-state index < -0.39 is 0 Å². The second-order valence-corrected chi connectivity index (χ2v) is 7.43. The SMILES string of the molecule is C=C1C2(C(=O)NCCN3CCOCC3)CCC(C2)C1(C)C. The highest BCUT2D eigenvalue weighted by Crippen LogP contribution is 2.65. The highest BCUT2D eigenvalue weighted by Gasteiger charge is 2.60. The number of carbonyl (C=O) groups excluding carboxylic acids is 1. The maximum Gasteiger partial charge on any atom is 0.230 e. The van der Waals surface area contributed by atoms with E-state index in [2.05, 4.69) is 30.6 Å². The average molecular weight is 292 g/mol. The third-order valence-electron chi connectivity index (χ3n) is 6.14. The van der Waals surface area contributed by atoms with Gasteiger partial charge in [-0.15, -0.1) is 0 Å².